The van der Waals surface area contributed by atoms with E-state index in [4.69, 9.17) is 14.2 Å². The first-order valence-electron chi connectivity index (χ1n) is 25.5. The maximum absolute atomic E-state index is 6.57. The number of rotatable bonds is 31. The minimum absolute atomic E-state index is 0.317. The number of unbranched alkanes of at least 4 members (excludes halogenated alkanes) is 10. The van der Waals surface area contributed by atoms with Gasteiger partial charge in [0.1, 0.15) is 0 Å². The molecule has 0 spiro atoms. The monoisotopic (exact) mass is 808 g/mol. The van der Waals surface area contributed by atoms with Gasteiger partial charge in [0.15, 0.2) is 0 Å². The molecule has 4 nitrogen and oxygen atoms in total. The van der Waals surface area contributed by atoms with E-state index >= 15 is 0 Å². The number of fused-ring (bicyclic) bond motifs is 5. The Morgan fingerprint density at radius 3 is 2.05 bits per heavy atom. The van der Waals surface area contributed by atoms with Gasteiger partial charge in [0.05, 0.1) is 25.4 Å². The second kappa shape index (κ2) is 27.2. The number of allylic oxidation sites excluding steroid dienone is 5. The summed E-state index contributed by atoms with van der Waals surface area (Å²) in [6.07, 6.45) is 45.3. The van der Waals surface area contributed by atoms with Gasteiger partial charge in [0, 0.05) is 19.8 Å². The highest BCUT2D eigenvalue weighted by molar-refractivity contribution is 5.25. The zero-order chi connectivity index (χ0) is 41.6. The third kappa shape index (κ3) is 15.8. The van der Waals surface area contributed by atoms with Gasteiger partial charge in [0.25, 0.3) is 0 Å². The smallest absolute Gasteiger partial charge is 0.0644 e. The Morgan fingerprint density at radius 1 is 0.707 bits per heavy atom. The van der Waals surface area contributed by atoms with Gasteiger partial charge in [-0.3, -0.25) is 0 Å². The zero-order valence-electron chi connectivity index (χ0n) is 39.9. The molecule has 58 heavy (non-hydrogen) atoms. The highest BCUT2D eigenvalue weighted by Crippen LogP contribution is 2.67. The molecule has 4 rings (SSSR count). The summed E-state index contributed by atoms with van der Waals surface area (Å²) in [5, 5.41) is 0. The summed E-state index contributed by atoms with van der Waals surface area (Å²) in [4.78, 5) is 2.26. The minimum Gasteiger partial charge on any atom is -0.380 e. The van der Waals surface area contributed by atoms with Crippen LogP contribution in [0.15, 0.2) is 36.0 Å². The molecule has 0 aliphatic heterocycles. The van der Waals surface area contributed by atoms with E-state index in [1.165, 1.54) is 141 Å². The maximum Gasteiger partial charge on any atom is 0.0644 e. The Hall–Kier alpha value is -0.940. The first-order chi connectivity index (χ1) is 28.1. The fraction of sp³-hybridized carbons (Fsp3) is 0.889. The molecule has 0 aromatic carbocycles. The van der Waals surface area contributed by atoms with Gasteiger partial charge in [-0.2, -0.15) is 0 Å². The van der Waals surface area contributed by atoms with E-state index in [0.717, 1.165) is 87.8 Å². The lowest BCUT2D eigenvalue weighted by atomic mass is 9.47. The zero-order valence-corrected chi connectivity index (χ0v) is 39.9. The van der Waals surface area contributed by atoms with Crippen molar-refractivity contribution in [2.45, 2.75) is 214 Å². The first kappa shape index (κ1) is 49.7. The number of ether oxygens (including phenoxy) is 3. The van der Waals surface area contributed by atoms with Crippen molar-refractivity contribution < 1.29 is 14.2 Å². The van der Waals surface area contributed by atoms with Crippen molar-refractivity contribution >= 4 is 0 Å². The molecule has 1 unspecified atom stereocenters. The molecule has 4 heteroatoms. The average molecular weight is 808 g/mol. The van der Waals surface area contributed by atoms with Crippen molar-refractivity contribution in [3.8, 4) is 0 Å². The Kier molecular flexibility index (Phi) is 23.3. The highest BCUT2D eigenvalue weighted by atomic mass is 16.5. The van der Waals surface area contributed by atoms with Crippen LogP contribution in [0.25, 0.3) is 0 Å². The van der Waals surface area contributed by atoms with E-state index in [-0.39, 0.29) is 0 Å². The second-order valence-electron chi connectivity index (χ2n) is 21.1. The van der Waals surface area contributed by atoms with Crippen LogP contribution in [0.2, 0.25) is 0 Å². The molecular formula is C54H97NO3. The van der Waals surface area contributed by atoms with Crippen LogP contribution < -0.4 is 0 Å². The van der Waals surface area contributed by atoms with Crippen LogP contribution in [0.4, 0.5) is 0 Å². The number of likely N-dealkylation sites (N-methyl/N-ethyl adjacent to an activating group) is 1. The molecule has 0 N–H and O–H groups in total. The Labute approximate surface area is 361 Å². The van der Waals surface area contributed by atoms with Gasteiger partial charge < -0.3 is 19.1 Å². The van der Waals surface area contributed by atoms with E-state index in [2.05, 4.69) is 90.9 Å². The largest absolute Gasteiger partial charge is 0.380 e. The molecule has 4 aliphatic rings. The van der Waals surface area contributed by atoms with Crippen LogP contribution in [0.3, 0.4) is 0 Å². The SMILES string of the molecule is CCCCC/C=C\C/C=C\CCCCCCCCOC[C@@H](COCCCCOC1CC[C@@]2(C)C(=CC[C@H]3[C@@H]4CC[C@H]([C@H](C)CCCC(C)C)[C@@]4(C)CC[C@@H]32)C1)N(C)C. The fourth-order valence-electron chi connectivity index (χ4n) is 12.3. The molecule has 0 radical (unpaired) electrons. The van der Waals surface area contributed by atoms with Gasteiger partial charge in [0.2, 0.25) is 0 Å². The molecule has 4 aliphatic carbocycles. The molecule has 9 atom stereocenters. The normalized spacial score (nSPS) is 29.6. The molecule has 3 fully saturated rings. The third-order valence-electron chi connectivity index (χ3n) is 16.1. The van der Waals surface area contributed by atoms with Crippen LogP contribution >= 0.6 is 0 Å². The quantitative estimate of drug-likeness (QED) is 0.0516. The first-order valence-corrected chi connectivity index (χ1v) is 25.5. The van der Waals surface area contributed by atoms with Gasteiger partial charge in [-0.15, -0.1) is 0 Å². The summed E-state index contributed by atoms with van der Waals surface area (Å²) in [6, 6.07) is 0.317. The van der Waals surface area contributed by atoms with Gasteiger partial charge in [-0.1, -0.05) is 135 Å². The van der Waals surface area contributed by atoms with Crippen LogP contribution in [0.1, 0.15) is 202 Å². The number of hydrogen-bond acceptors (Lipinski definition) is 4. The van der Waals surface area contributed by atoms with Gasteiger partial charge in [-0.05, 0) is 163 Å². The maximum atomic E-state index is 6.57. The second-order valence-corrected chi connectivity index (χ2v) is 21.1. The third-order valence-corrected chi connectivity index (χ3v) is 16.1. The van der Waals surface area contributed by atoms with E-state index in [1.807, 2.05) is 0 Å². The van der Waals surface area contributed by atoms with Crippen molar-refractivity contribution in [1.82, 2.24) is 4.90 Å². The molecular weight excluding hydrogens is 711 g/mol. The molecule has 336 valence electrons. The predicted octanol–water partition coefficient (Wildman–Crippen LogP) is 15.0. The Bertz CT molecular complexity index is 1170. The molecule has 0 saturated heterocycles. The summed E-state index contributed by atoms with van der Waals surface area (Å²) < 4.78 is 18.8. The summed E-state index contributed by atoms with van der Waals surface area (Å²) in [6.45, 7) is 19.1. The minimum atomic E-state index is 0.317. The van der Waals surface area contributed by atoms with E-state index in [9.17, 15) is 0 Å². The molecule has 0 heterocycles. The summed E-state index contributed by atoms with van der Waals surface area (Å²) in [5.74, 6) is 5.44. The number of nitrogens with zero attached hydrogens (tertiary/aromatic N) is 1. The topological polar surface area (TPSA) is 30.9 Å². The Balaban J connectivity index is 1.01. The lowest BCUT2D eigenvalue weighted by molar-refractivity contribution is -0.0643. The summed E-state index contributed by atoms with van der Waals surface area (Å²) in [5.41, 5.74) is 2.75. The van der Waals surface area contributed by atoms with Crippen molar-refractivity contribution in [3.63, 3.8) is 0 Å². The molecule has 0 amide bonds. The predicted molar refractivity (Wildman–Crippen MR) is 250 cm³/mol. The highest BCUT2D eigenvalue weighted by Gasteiger charge is 2.59. The van der Waals surface area contributed by atoms with Gasteiger partial charge in [-0.25, -0.2) is 0 Å². The summed E-state index contributed by atoms with van der Waals surface area (Å²) in [7, 11) is 4.30. The molecule has 0 aromatic rings. The molecule has 0 aromatic heterocycles. The fourth-order valence-corrected chi connectivity index (χ4v) is 12.3. The van der Waals surface area contributed by atoms with Crippen LogP contribution in [0.5, 0.6) is 0 Å². The molecule has 0 bridgehead atoms. The summed E-state index contributed by atoms with van der Waals surface area (Å²) >= 11 is 0. The lowest BCUT2D eigenvalue weighted by Crippen LogP contribution is -2.51. The Morgan fingerprint density at radius 2 is 1.36 bits per heavy atom. The van der Waals surface area contributed by atoms with Crippen LogP contribution in [0, 0.1) is 46.3 Å². The number of hydrogen-bond donors (Lipinski definition) is 0. The average Bonchev–Trinajstić information content (AvgIpc) is 3.56. The van der Waals surface area contributed by atoms with E-state index < -0.39 is 0 Å². The van der Waals surface area contributed by atoms with Crippen LogP contribution in [-0.2, 0) is 14.2 Å². The van der Waals surface area contributed by atoms with Crippen LogP contribution in [-0.4, -0.2) is 64.2 Å². The van der Waals surface area contributed by atoms with E-state index in [1.54, 1.807) is 5.57 Å². The van der Waals surface area contributed by atoms with Crippen molar-refractivity contribution in [3.05, 3.63) is 36.0 Å². The van der Waals surface area contributed by atoms with Gasteiger partial charge >= 0.3 is 0 Å². The van der Waals surface area contributed by atoms with Crippen molar-refractivity contribution in [2.24, 2.45) is 46.3 Å². The molecule has 3 saturated carbocycles. The lowest BCUT2D eigenvalue weighted by Gasteiger charge is -2.58. The van der Waals surface area contributed by atoms with E-state index in [0.29, 0.717) is 23.0 Å². The standard InChI is InChI=1S/C54H97NO3/c1-9-10-11-12-13-14-15-16-17-18-19-20-21-22-23-24-38-56-42-47(55(7)8)43-57-39-25-26-40-58-48-34-36-53(5)46(41-48)30-31-49-51-33-32-50(45(4)29-27-28-44(2)3)54(51,6)37-35-52(49)53/h13-14,16-17,30,44-45,47-52H,9-12,15,18-29,31-43H2,1-8H3/b14-13-,17-16-/t45-,47+,48?,49+,50-,51+,52+,53+,54-/m1/s1. The van der Waals surface area contributed by atoms with Crippen molar-refractivity contribution in [2.75, 3.05) is 47.1 Å². The van der Waals surface area contributed by atoms with Crippen molar-refractivity contribution in [1.29, 1.82) is 0 Å².